The molecule has 3 amide bonds. The molecule has 30 heavy (non-hydrogen) atoms. The summed E-state index contributed by atoms with van der Waals surface area (Å²) in [4.78, 5) is 38.8. The number of benzene rings is 2. The lowest BCUT2D eigenvalue weighted by molar-refractivity contribution is -0.135. The summed E-state index contributed by atoms with van der Waals surface area (Å²) >= 11 is 3.39. The number of nitrogens with zero attached hydrogens (tertiary/aromatic N) is 1. The monoisotopic (exact) mass is 473 g/mol. The molecule has 160 valence electrons. The third-order valence-electron chi connectivity index (χ3n) is 4.63. The first-order valence-electron chi connectivity index (χ1n) is 9.96. The fourth-order valence-corrected chi connectivity index (χ4v) is 3.40. The lowest BCUT2D eigenvalue weighted by atomic mass is 10.0. The molecule has 1 unspecified atom stereocenters. The van der Waals surface area contributed by atoms with Crippen molar-refractivity contribution < 1.29 is 14.4 Å². The summed E-state index contributed by atoms with van der Waals surface area (Å²) in [5.41, 5.74) is 2.53. The van der Waals surface area contributed by atoms with Crippen LogP contribution in [0.5, 0.6) is 0 Å². The van der Waals surface area contributed by atoms with Crippen LogP contribution >= 0.6 is 15.9 Å². The number of carbonyl (C=O) groups excluding carboxylic acids is 3. The third-order valence-corrected chi connectivity index (χ3v) is 5.16. The van der Waals surface area contributed by atoms with Crippen LogP contribution < -0.4 is 10.6 Å². The number of para-hydroxylation sites is 1. The Kier molecular flexibility index (Phi) is 9.05. The summed E-state index contributed by atoms with van der Waals surface area (Å²) < 4.78 is 0.916. The molecule has 0 spiro atoms. The SMILES string of the molecule is CCCN(CC(=O)Nc1ccccc1C)C(=O)CC(NC(C)=O)c1ccc(Br)cc1. The van der Waals surface area contributed by atoms with Crippen LogP contribution in [0.2, 0.25) is 0 Å². The van der Waals surface area contributed by atoms with E-state index in [9.17, 15) is 14.4 Å². The average molecular weight is 474 g/mol. The molecule has 0 saturated carbocycles. The summed E-state index contributed by atoms with van der Waals surface area (Å²) in [5, 5.41) is 5.71. The van der Waals surface area contributed by atoms with Crippen LogP contribution in [0.25, 0.3) is 0 Å². The lowest BCUT2D eigenvalue weighted by Crippen LogP contribution is -2.40. The van der Waals surface area contributed by atoms with Crippen LogP contribution in [0.4, 0.5) is 5.69 Å². The Balaban J connectivity index is 2.09. The van der Waals surface area contributed by atoms with Gasteiger partial charge in [0.05, 0.1) is 19.0 Å². The quantitative estimate of drug-likeness (QED) is 0.572. The van der Waals surface area contributed by atoms with Gasteiger partial charge in [0.2, 0.25) is 17.7 Å². The Labute approximate surface area is 186 Å². The number of aryl methyl sites for hydroxylation is 1. The van der Waals surface area contributed by atoms with Gasteiger partial charge in [0, 0.05) is 23.6 Å². The highest BCUT2D eigenvalue weighted by Crippen LogP contribution is 2.21. The number of nitrogens with one attached hydrogen (secondary N) is 2. The minimum absolute atomic E-state index is 0.0336. The molecule has 0 saturated heterocycles. The van der Waals surface area contributed by atoms with Crippen LogP contribution in [0.15, 0.2) is 53.0 Å². The molecule has 0 fully saturated rings. The van der Waals surface area contributed by atoms with Crippen molar-refractivity contribution in [3.8, 4) is 0 Å². The van der Waals surface area contributed by atoms with E-state index in [1.165, 1.54) is 6.92 Å². The van der Waals surface area contributed by atoms with Gasteiger partial charge in [-0.3, -0.25) is 14.4 Å². The number of halogens is 1. The predicted octanol–water partition coefficient (Wildman–Crippen LogP) is 4.20. The van der Waals surface area contributed by atoms with Gasteiger partial charge in [-0.2, -0.15) is 0 Å². The van der Waals surface area contributed by atoms with E-state index in [0.29, 0.717) is 6.54 Å². The number of hydrogen-bond donors (Lipinski definition) is 2. The maximum atomic E-state index is 13.0. The van der Waals surface area contributed by atoms with Gasteiger partial charge in [0.1, 0.15) is 0 Å². The van der Waals surface area contributed by atoms with E-state index in [1.807, 2.05) is 62.4 Å². The standard InChI is InChI=1S/C23H28BrN3O3/c1-4-13-27(15-22(29)26-20-8-6-5-7-16(20)2)23(30)14-21(25-17(3)28)18-9-11-19(24)12-10-18/h5-12,21H,4,13-15H2,1-3H3,(H,25,28)(H,26,29). The maximum absolute atomic E-state index is 13.0. The van der Waals surface area contributed by atoms with Crippen LogP contribution in [-0.4, -0.2) is 35.7 Å². The molecule has 2 rings (SSSR count). The van der Waals surface area contributed by atoms with Crippen molar-refractivity contribution in [3.63, 3.8) is 0 Å². The van der Waals surface area contributed by atoms with E-state index in [0.717, 1.165) is 27.7 Å². The molecule has 2 N–H and O–H groups in total. The van der Waals surface area contributed by atoms with Crippen LogP contribution in [0.1, 0.15) is 43.9 Å². The molecule has 0 aliphatic carbocycles. The van der Waals surface area contributed by atoms with Gasteiger partial charge >= 0.3 is 0 Å². The molecule has 2 aromatic rings. The topological polar surface area (TPSA) is 78.5 Å². The minimum atomic E-state index is -0.457. The minimum Gasteiger partial charge on any atom is -0.349 e. The molecule has 6 nitrogen and oxygen atoms in total. The molecule has 0 radical (unpaired) electrons. The van der Waals surface area contributed by atoms with E-state index >= 15 is 0 Å². The number of amides is 3. The third kappa shape index (κ3) is 7.30. The van der Waals surface area contributed by atoms with E-state index in [-0.39, 0.29) is 30.7 Å². The fraction of sp³-hybridized carbons (Fsp3) is 0.348. The summed E-state index contributed by atoms with van der Waals surface area (Å²) in [6.45, 7) is 5.73. The lowest BCUT2D eigenvalue weighted by Gasteiger charge is -2.25. The van der Waals surface area contributed by atoms with Crippen LogP contribution in [0.3, 0.4) is 0 Å². The summed E-state index contributed by atoms with van der Waals surface area (Å²) in [6.07, 6.45) is 0.811. The zero-order chi connectivity index (χ0) is 22.1. The van der Waals surface area contributed by atoms with E-state index < -0.39 is 6.04 Å². The van der Waals surface area contributed by atoms with Gasteiger partial charge in [0.25, 0.3) is 0 Å². The number of anilines is 1. The molecule has 1 atom stereocenters. The molecule has 0 aliphatic rings. The second-order valence-corrected chi connectivity index (χ2v) is 8.10. The summed E-state index contributed by atoms with van der Waals surface area (Å²) in [6, 6.07) is 14.5. The largest absolute Gasteiger partial charge is 0.349 e. The second-order valence-electron chi connectivity index (χ2n) is 7.19. The molecule has 0 heterocycles. The zero-order valence-electron chi connectivity index (χ0n) is 17.6. The highest BCUT2D eigenvalue weighted by Gasteiger charge is 2.23. The van der Waals surface area contributed by atoms with Crippen molar-refractivity contribution in [1.29, 1.82) is 0 Å². The Morgan fingerprint density at radius 2 is 1.73 bits per heavy atom. The molecule has 7 heteroatoms. The Bertz CT molecular complexity index is 884. The van der Waals surface area contributed by atoms with Gasteiger partial charge in [-0.25, -0.2) is 0 Å². The molecule has 0 aromatic heterocycles. The fourth-order valence-electron chi connectivity index (χ4n) is 3.13. The Morgan fingerprint density at radius 3 is 2.33 bits per heavy atom. The number of carbonyl (C=O) groups is 3. The highest BCUT2D eigenvalue weighted by atomic mass is 79.9. The van der Waals surface area contributed by atoms with E-state index in [2.05, 4.69) is 26.6 Å². The first-order chi connectivity index (χ1) is 14.3. The highest BCUT2D eigenvalue weighted by molar-refractivity contribution is 9.10. The van der Waals surface area contributed by atoms with Gasteiger partial charge in [-0.15, -0.1) is 0 Å². The summed E-state index contributed by atoms with van der Waals surface area (Å²) in [5.74, 6) is -0.640. The zero-order valence-corrected chi connectivity index (χ0v) is 19.2. The van der Waals surface area contributed by atoms with Gasteiger partial charge in [-0.1, -0.05) is 53.2 Å². The normalized spacial score (nSPS) is 11.5. The Hall–Kier alpha value is -2.67. The first-order valence-corrected chi connectivity index (χ1v) is 10.7. The van der Waals surface area contributed by atoms with Crippen LogP contribution in [0, 0.1) is 6.92 Å². The van der Waals surface area contributed by atoms with E-state index in [1.54, 1.807) is 4.90 Å². The smallest absolute Gasteiger partial charge is 0.244 e. The van der Waals surface area contributed by atoms with Crippen molar-refractivity contribution in [2.24, 2.45) is 0 Å². The molecular weight excluding hydrogens is 446 g/mol. The van der Waals surface area contributed by atoms with Crippen molar-refractivity contribution >= 4 is 39.3 Å². The van der Waals surface area contributed by atoms with Gasteiger partial charge in [0.15, 0.2) is 0 Å². The second kappa shape index (κ2) is 11.5. The number of hydrogen-bond acceptors (Lipinski definition) is 3. The summed E-state index contributed by atoms with van der Waals surface area (Å²) in [7, 11) is 0. The van der Waals surface area contributed by atoms with Gasteiger partial charge in [-0.05, 0) is 42.7 Å². The average Bonchev–Trinajstić information content (AvgIpc) is 2.69. The Morgan fingerprint density at radius 1 is 1.07 bits per heavy atom. The molecule has 0 bridgehead atoms. The van der Waals surface area contributed by atoms with Crippen molar-refractivity contribution in [2.45, 2.75) is 39.7 Å². The maximum Gasteiger partial charge on any atom is 0.244 e. The first kappa shape index (κ1) is 23.6. The van der Waals surface area contributed by atoms with Gasteiger partial charge < -0.3 is 15.5 Å². The van der Waals surface area contributed by atoms with Crippen molar-refractivity contribution in [2.75, 3.05) is 18.4 Å². The predicted molar refractivity (Wildman–Crippen MR) is 122 cm³/mol. The van der Waals surface area contributed by atoms with Crippen LogP contribution in [-0.2, 0) is 14.4 Å². The molecule has 2 aromatic carbocycles. The molecular formula is C23H28BrN3O3. The van der Waals surface area contributed by atoms with Crippen molar-refractivity contribution in [3.05, 3.63) is 64.1 Å². The number of rotatable bonds is 9. The van der Waals surface area contributed by atoms with Crippen molar-refractivity contribution in [1.82, 2.24) is 10.2 Å². The van der Waals surface area contributed by atoms with E-state index in [4.69, 9.17) is 0 Å². The molecule has 0 aliphatic heterocycles.